The zero-order chi connectivity index (χ0) is 11.8. The monoisotopic (exact) mass is 216 g/mol. The number of hydrogen-bond donors (Lipinski definition) is 1. The van der Waals surface area contributed by atoms with Crippen LogP contribution in [0.2, 0.25) is 0 Å². The maximum atomic E-state index is 11.8. The summed E-state index contributed by atoms with van der Waals surface area (Å²) in [5.41, 5.74) is 1.52. The second kappa shape index (κ2) is 3.67. The highest BCUT2D eigenvalue weighted by atomic mass is 16.1. The highest BCUT2D eigenvalue weighted by molar-refractivity contribution is 5.61. The molecule has 1 aromatic carbocycles. The Hall–Kier alpha value is -1.77. The Morgan fingerprint density at radius 2 is 1.75 bits per heavy atom. The third-order valence-electron chi connectivity index (χ3n) is 2.53. The van der Waals surface area contributed by atoms with Crippen molar-refractivity contribution in [2.75, 3.05) is 0 Å². The first-order valence-electron chi connectivity index (χ1n) is 5.36. The van der Waals surface area contributed by atoms with Crippen molar-refractivity contribution in [3.8, 4) is 11.1 Å². The fraction of sp³-hybridized carbons (Fsp3) is 0.308. The molecule has 2 aromatic rings. The summed E-state index contributed by atoms with van der Waals surface area (Å²) < 4.78 is 1.84. The van der Waals surface area contributed by atoms with Crippen molar-refractivity contribution in [1.82, 2.24) is 9.78 Å². The second-order valence-electron chi connectivity index (χ2n) is 4.89. The SMILES string of the molecule is CC(C)(C)n1cc(-c2ccccc2)c(=O)[nH]1. The molecule has 0 amide bonds. The van der Waals surface area contributed by atoms with Crippen LogP contribution >= 0.6 is 0 Å². The Balaban J connectivity index is 2.53. The molecule has 0 saturated carbocycles. The van der Waals surface area contributed by atoms with Crippen molar-refractivity contribution >= 4 is 0 Å². The van der Waals surface area contributed by atoms with Gasteiger partial charge in [-0.05, 0) is 26.3 Å². The Morgan fingerprint density at radius 1 is 1.12 bits per heavy atom. The molecule has 0 atom stereocenters. The molecule has 2 rings (SSSR count). The first kappa shape index (κ1) is 10.7. The number of aromatic amines is 1. The maximum absolute atomic E-state index is 11.8. The molecule has 0 spiro atoms. The van der Waals surface area contributed by atoms with E-state index in [4.69, 9.17) is 0 Å². The lowest BCUT2D eigenvalue weighted by Crippen LogP contribution is -2.23. The van der Waals surface area contributed by atoms with E-state index in [2.05, 4.69) is 25.9 Å². The van der Waals surface area contributed by atoms with Crippen LogP contribution < -0.4 is 5.56 Å². The number of rotatable bonds is 1. The molecule has 84 valence electrons. The summed E-state index contributed by atoms with van der Waals surface area (Å²) >= 11 is 0. The molecule has 0 radical (unpaired) electrons. The summed E-state index contributed by atoms with van der Waals surface area (Å²) in [6, 6.07) is 9.69. The van der Waals surface area contributed by atoms with Gasteiger partial charge in [0.05, 0.1) is 11.1 Å². The molecule has 0 fully saturated rings. The third kappa shape index (κ3) is 1.94. The zero-order valence-corrected chi connectivity index (χ0v) is 9.82. The third-order valence-corrected chi connectivity index (χ3v) is 2.53. The molecule has 16 heavy (non-hydrogen) atoms. The summed E-state index contributed by atoms with van der Waals surface area (Å²) in [5.74, 6) is 0. The summed E-state index contributed by atoms with van der Waals surface area (Å²) in [6.07, 6.45) is 1.87. The Bertz CT molecular complexity index is 529. The van der Waals surface area contributed by atoms with Gasteiger partial charge in [0.2, 0.25) is 0 Å². The van der Waals surface area contributed by atoms with E-state index in [9.17, 15) is 4.79 Å². The standard InChI is InChI=1S/C13H16N2O/c1-13(2,3)15-9-11(12(16)14-15)10-7-5-4-6-8-10/h4-9H,1-3H3,(H,14,16). The van der Waals surface area contributed by atoms with E-state index in [1.807, 2.05) is 41.2 Å². The fourth-order valence-corrected chi connectivity index (χ4v) is 1.57. The minimum absolute atomic E-state index is 0.0406. The van der Waals surface area contributed by atoms with E-state index < -0.39 is 0 Å². The van der Waals surface area contributed by atoms with Crippen LogP contribution in [0.3, 0.4) is 0 Å². The first-order valence-corrected chi connectivity index (χ1v) is 5.36. The molecule has 0 bridgehead atoms. The number of hydrogen-bond acceptors (Lipinski definition) is 1. The summed E-state index contributed by atoms with van der Waals surface area (Å²) in [7, 11) is 0. The lowest BCUT2D eigenvalue weighted by molar-refractivity contribution is 0.353. The molecule has 3 heteroatoms. The highest BCUT2D eigenvalue weighted by Gasteiger charge is 2.15. The zero-order valence-electron chi connectivity index (χ0n) is 9.82. The van der Waals surface area contributed by atoms with Crippen molar-refractivity contribution in [3.05, 3.63) is 46.9 Å². The first-order chi connectivity index (χ1) is 7.48. The molecule has 0 aliphatic rings. The van der Waals surface area contributed by atoms with Gasteiger partial charge in [-0.1, -0.05) is 30.3 Å². The second-order valence-corrected chi connectivity index (χ2v) is 4.89. The van der Waals surface area contributed by atoms with Crippen molar-refractivity contribution < 1.29 is 0 Å². The number of aromatic nitrogens is 2. The van der Waals surface area contributed by atoms with Gasteiger partial charge in [0.15, 0.2) is 0 Å². The van der Waals surface area contributed by atoms with Crippen molar-refractivity contribution in [3.63, 3.8) is 0 Å². The van der Waals surface area contributed by atoms with Crippen molar-refractivity contribution in [2.24, 2.45) is 0 Å². The average molecular weight is 216 g/mol. The molecule has 1 N–H and O–H groups in total. The van der Waals surface area contributed by atoms with Gasteiger partial charge in [0.1, 0.15) is 0 Å². The van der Waals surface area contributed by atoms with Gasteiger partial charge in [-0.3, -0.25) is 14.6 Å². The predicted molar refractivity (Wildman–Crippen MR) is 65.5 cm³/mol. The van der Waals surface area contributed by atoms with Gasteiger partial charge in [-0.25, -0.2) is 0 Å². The van der Waals surface area contributed by atoms with Crippen molar-refractivity contribution in [1.29, 1.82) is 0 Å². The molecular formula is C13H16N2O. The van der Waals surface area contributed by atoms with E-state index in [-0.39, 0.29) is 11.1 Å². The quantitative estimate of drug-likeness (QED) is 0.781. The van der Waals surface area contributed by atoms with Crippen LogP contribution in [-0.4, -0.2) is 9.78 Å². The minimum atomic E-state index is -0.105. The highest BCUT2D eigenvalue weighted by Crippen LogP contribution is 2.18. The lowest BCUT2D eigenvalue weighted by Gasteiger charge is -2.19. The molecular weight excluding hydrogens is 200 g/mol. The normalized spacial score (nSPS) is 11.7. The summed E-state index contributed by atoms with van der Waals surface area (Å²) in [5, 5.41) is 2.84. The number of H-pyrrole nitrogens is 1. The van der Waals surface area contributed by atoms with Crippen LogP contribution in [0.5, 0.6) is 0 Å². The molecule has 0 aliphatic heterocycles. The fourth-order valence-electron chi connectivity index (χ4n) is 1.57. The Kier molecular flexibility index (Phi) is 2.46. The minimum Gasteiger partial charge on any atom is -0.286 e. The van der Waals surface area contributed by atoms with E-state index in [1.54, 1.807) is 0 Å². The van der Waals surface area contributed by atoms with Crippen LogP contribution in [-0.2, 0) is 5.54 Å². The Labute approximate surface area is 94.7 Å². The summed E-state index contributed by atoms with van der Waals surface area (Å²) in [4.78, 5) is 11.8. The number of benzene rings is 1. The molecule has 1 heterocycles. The van der Waals surface area contributed by atoms with E-state index in [1.165, 1.54) is 0 Å². The largest absolute Gasteiger partial charge is 0.286 e. The molecule has 3 nitrogen and oxygen atoms in total. The number of nitrogens with one attached hydrogen (secondary N) is 1. The van der Waals surface area contributed by atoms with E-state index in [0.717, 1.165) is 11.1 Å². The smallest absolute Gasteiger partial charge is 0.271 e. The molecule has 0 aliphatic carbocycles. The van der Waals surface area contributed by atoms with Crippen LogP contribution in [0.25, 0.3) is 11.1 Å². The topological polar surface area (TPSA) is 37.8 Å². The summed E-state index contributed by atoms with van der Waals surface area (Å²) in [6.45, 7) is 6.16. The molecule has 0 unspecified atom stereocenters. The van der Waals surface area contributed by atoms with Gasteiger partial charge in [-0.2, -0.15) is 0 Å². The molecule has 1 aromatic heterocycles. The van der Waals surface area contributed by atoms with E-state index in [0.29, 0.717) is 0 Å². The van der Waals surface area contributed by atoms with Gasteiger partial charge in [0.25, 0.3) is 5.56 Å². The Morgan fingerprint density at radius 3 is 2.25 bits per heavy atom. The van der Waals surface area contributed by atoms with Gasteiger partial charge in [0, 0.05) is 6.20 Å². The van der Waals surface area contributed by atoms with Gasteiger partial charge in [-0.15, -0.1) is 0 Å². The number of nitrogens with zero attached hydrogens (tertiary/aromatic N) is 1. The van der Waals surface area contributed by atoms with Crippen molar-refractivity contribution in [2.45, 2.75) is 26.3 Å². The van der Waals surface area contributed by atoms with Crippen LogP contribution in [0.15, 0.2) is 41.3 Å². The van der Waals surface area contributed by atoms with Crippen LogP contribution in [0, 0.1) is 0 Å². The predicted octanol–water partition coefficient (Wildman–Crippen LogP) is 2.60. The van der Waals surface area contributed by atoms with Crippen LogP contribution in [0.4, 0.5) is 0 Å². The lowest BCUT2D eigenvalue weighted by atomic mass is 10.1. The van der Waals surface area contributed by atoms with Crippen LogP contribution in [0.1, 0.15) is 20.8 Å². The van der Waals surface area contributed by atoms with E-state index >= 15 is 0 Å². The van der Waals surface area contributed by atoms with Gasteiger partial charge >= 0.3 is 0 Å². The average Bonchev–Trinajstić information content (AvgIpc) is 2.61. The maximum Gasteiger partial charge on any atom is 0.271 e. The van der Waals surface area contributed by atoms with Gasteiger partial charge < -0.3 is 0 Å². The molecule has 0 saturated heterocycles.